The maximum Gasteiger partial charge on any atom is 0.305 e. The molecule has 0 spiro atoms. The number of aliphatic carboxylic acids is 1. The molecule has 0 aliphatic carbocycles. The van der Waals surface area contributed by atoms with Gasteiger partial charge in [0, 0.05) is 17.6 Å². The van der Waals surface area contributed by atoms with E-state index in [1.54, 1.807) is 0 Å². The molecule has 0 aliphatic heterocycles. The molecular formula is C11H19N3O2S. The number of aryl methyl sites for hydroxylation is 1. The van der Waals surface area contributed by atoms with Gasteiger partial charge in [0.2, 0.25) is 5.13 Å². The molecule has 1 heterocycles. The van der Waals surface area contributed by atoms with Crippen molar-refractivity contribution in [2.75, 3.05) is 5.32 Å². The van der Waals surface area contributed by atoms with E-state index < -0.39 is 5.97 Å². The minimum Gasteiger partial charge on any atom is -0.481 e. The highest BCUT2D eigenvalue weighted by Gasteiger charge is 2.22. The third-order valence-electron chi connectivity index (χ3n) is 2.13. The lowest BCUT2D eigenvalue weighted by atomic mass is 9.87. The van der Waals surface area contributed by atoms with Gasteiger partial charge in [-0.2, -0.15) is 4.37 Å². The standard InChI is InChI=1S/C11H19N3O2S/c1-7-12-10(17-14-7)13-8(5-9(15)16)6-11(2,3)4/h8H,5-6H2,1-4H3,(H,15,16)(H,12,13,14). The lowest BCUT2D eigenvalue weighted by Gasteiger charge is -2.25. The highest BCUT2D eigenvalue weighted by Crippen LogP contribution is 2.25. The summed E-state index contributed by atoms with van der Waals surface area (Å²) in [5.74, 6) is -0.0877. The van der Waals surface area contributed by atoms with Gasteiger partial charge in [0.05, 0.1) is 6.42 Å². The normalized spacial score (nSPS) is 13.4. The van der Waals surface area contributed by atoms with E-state index in [1.165, 1.54) is 11.5 Å². The van der Waals surface area contributed by atoms with E-state index in [1.807, 2.05) is 6.92 Å². The Morgan fingerprint density at radius 2 is 2.18 bits per heavy atom. The van der Waals surface area contributed by atoms with Gasteiger partial charge >= 0.3 is 5.97 Å². The fourth-order valence-electron chi connectivity index (χ4n) is 1.65. The predicted octanol–water partition coefficient (Wildman–Crippen LogP) is 2.54. The largest absolute Gasteiger partial charge is 0.481 e. The maximum absolute atomic E-state index is 10.8. The molecule has 1 aromatic rings. The maximum atomic E-state index is 10.8. The predicted molar refractivity (Wildman–Crippen MR) is 68.4 cm³/mol. The van der Waals surface area contributed by atoms with Crippen LogP contribution in [-0.4, -0.2) is 26.5 Å². The molecule has 0 fully saturated rings. The van der Waals surface area contributed by atoms with Crippen LogP contribution in [-0.2, 0) is 4.79 Å². The number of aromatic nitrogens is 2. The second kappa shape index (κ2) is 5.44. The summed E-state index contributed by atoms with van der Waals surface area (Å²) in [5, 5.41) is 12.7. The van der Waals surface area contributed by atoms with Gasteiger partial charge in [-0.05, 0) is 18.8 Å². The van der Waals surface area contributed by atoms with Crippen molar-refractivity contribution in [3.63, 3.8) is 0 Å². The van der Waals surface area contributed by atoms with E-state index >= 15 is 0 Å². The fourth-order valence-corrected chi connectivity index (χ4v) is 2.31. The van der Waals surface area contributed by atoms with Crippen molar-refractivity contribution < 1.29 is 9.90 Å². The van der Waals surface area contributed by atoms with Crippen LogP contribution in [0.5, 0.6) is 0 Å². The third-order valence-corrected chi connectivity index (χ3v) is 2.87. The van der Waals surface area contributed by atoms with E-state index in [2.05, 4.69) is 35.4 Å². The van der Waals surface area contributed by atoms with Crippen LogP contribution in [0.25, 0.3) is 0 Å². The average Bonchev–Trinajstić information content (AvgIpc) is 2.46. The molecule has 0 aliphatic rings. The second-order valence-corrected chi connectivity index (χ2v) is 6.10. The van der Waals surface area contributed by atoms with Gasteiger partial charge in [0.1, 0.15) is 5.82 Å². The van der Waals surface area contributed by atoms with Crippen LogP contribution in [0.1, 0.15) is 39.4 Å². The van der Waals surface area contributed by atoms with E-state index in [0.29, 0.717) is 11.0 Å². The number of hydrogen-bond acceptors (Lipinski definition) is 5. The SMILES string of the molecule is Cc1nsc(NC(CC(=O)O)CC(C)(C)C)n1. The molecular weight excluding hydrogens is 238 g/mol. The van der Waals surface area contributed by atoms with Gasteiger partial charge < -0.3 is 10.4 Å². The fraction of sp³-hybridized carbons (Fsp3) is 0.727. The first-order valence-electron chi connectivity index (χ1n) is 5.55. The molecule has 0 saturated heterocycles. The summed E-state index contributed by atoms with van der Waals surface area (Å²) >= 11 is 1.27. The first-order chi connectivity index (χ1) is 7.76. The van der Waals surface area contributed by atoms with Crippen molar-refractivity contribution in [2.45, 2.75) is 46.6 Å². The van der Waals surface area contributed by atoms with Crippen LogP contribution < -0.4 is 5.32 Å². The Balaban J connectivity index is 2.66. The summed E-state index contributed by atoms with van der Waals surface area (Å²) < 4.78 is 4.07. The van der Waals surface area contributed by atoms with Gasteiger partial charge in [-0.3, -0.25) is 4.79 Å². The van der Waals surface area contributed by atoms with Crippen LogP contribution in [0.4, 0.5) is 5.13 Å². The summed E-state index contributed by atoms with van der Waals surface area (Å²) in [5.41, 5.74) is 0.0762. The van der Waals surface area contributed by atoms with Crippen LogP contribution in [0.3, 0.4) is 0 Å². The van der Waals surface area contributed by atoms with E-state index in [9.17, 15) is 4.79 Å². The van der Waals surface area contributed by atoms with Crippen molar-refractivity contribution in [1.82, 2.24) is 9.36 Å². The number of carboxylic acids is 1. The summed E-state index contributed by atoms with van der Waals surface area (Å²) in [4.78, 5) is 15.0. The van der Waals surface area contributed by atoms with Crippen molar-refractivity contribution in [1.29, 1.82) is 0 Å². The molecule has 5 nitrogen and oxygen atoms in total. The zero-order chi connectivity index (χ0) is 13.1. The molecule has 0 saturated carbocycles. The highest BCUT2D eigenvalue weighted by molar-refractivity contribution is 7.09. The molecule has 1 aromatic heterocycles. The van der Waals surface area contributed by atoms with Gasteiger partial charge in [-0.15, -0.1) is 0 Å². The van der Waals surface area contributed by atoms with E-state index in [0.717, 1.165) is 6.42 Å². The Kier molecular flexibility index (Phi) is 4.45. The molecule has 1 atom stereocenters. The Hall–Kier alpha value is -1.17. The summed E-state index contributed by atoms with van der Waals surface area (Å²) in [7, 11) is 0. The van der Waals surface area contributed by atoms with Crippen LogP contribution >= 0.6 is 11.5 Å². The molecule has 96 valence electrons. The Bertz CT molecular complexity index is 384. The Morgan fingerprint density at radius 1 is 1.53 bits per heavy atom. The monoisotopic (exact) mass is 257 g/mol. The molecule has 1 rings (SSSR count). The van der Waals surface area contributed by atoms with Gasteiger partial charge in [0.15, 0.2) is 0 Å². The minimum atomic E-state index is -0.798. The zero-order valence-electron chi connectivity index (χ0n) is 10.6. The topological polar surface area (TPSA) is 75.1 Å². The number of carboxylic acid groups (broad SMARTS) is 1. The molecule has 0 amide bonds. The quantitative estimate of drug-likeness (QED) is 0.847. The van der Waals surface area contributed by atoms with Crippen molar-refractivity contribution in [3.05, 3.63) is 5.82 Å². The molecule has 6 heteroatoms. The molecule has 0 aromatic carbocycles. The minimum absolute atomic E-state index is 0.0762. The van der Waals surface area contributed by atoms with Crippen molar-refractivity contribution in [2.24, 2.45) is 5.41 Å². The van der Waals surface area contributed by atoms with Crippen LogP contribution in [0, 0.1) is 12.3 Å². The molecule has 1 unspecified atom stereocenters. The summed E-state index contributed by atoms with van der Waals surface area (Å²) in [6.07, 6.45) is 0.869. The smallest absolute Gasteiger partial charge is 0.305 e. The second-order valence-electron chi connectivity index (χ2n) is 5.35. The summed E-state index contributed by atoms with van der Waals surface area (Å²) in [6.45, 7) is 8.09. The van der Waals surface area contributed by atoms with Crippen LogP contribution in [0.2, 0.25) is 0 Å². The molecule has 0 bridgehead atoms. The van der Waals surface area contributed by atoms with E-state index in [4.69, 9.17) is 5.11 Å². The van der Waals surface area contributed by atoms with E-state index in [-0.39, 0.29) is 17.9 Å². The third kappa shape index (κ3) is 5.63. The lowest BCUT2D eigenvalue weighted by Crippen LogP contribution is -2.28. The Labute approximate surface area is 105 Å². The first-order valence-corrected chi connectivity index (χ1v) is 6.32. The summed E-state index contributed by atoms with van der Waals surface area (Å²) in [6, 6.07) is -0.111. The number of anilines is 1. The zero-order valence-corrected chi connectivity index (χ0v) is 11.5. The Morgan fingerprint density at radius 3 is 2.59 bits per heavy atom. The van der Waals surface area contributed by atoms with Crippen molar-refractivity contribution >= 4 is 22.6 Å². The average molecular weight is 257 g/mol. The number of rotatable bonds is 5. The number of hydrogen-bond donors (Lipinski definition) is 2. The van der Waals surface area contributed by atoms with Crippen molar-refractivity contribution in [3.8, 4) is 0 Å². The molecule has 2 N–H and O–H groups in total. The number of nitrogens with one attached hydrogen (secondary N) is 1. The van der Waals surface area contributed by atoms with Gasteiger partial charge in [-0.25, -0.2) is 4.98 Å². The molecule has 17 heavy (non-hydrogen) atoms. The highest BCUT2D eigenvalue weighted by atomic mass is 32.1. The molecule has 0 radical (unpaired) electrons. The van der Waals surface area contributed by atoms with Crippen LogP contribution in [0.15, 0.2) is 0 Å². The number of nitrogens with zero attached hydrogens (tertiary/aromatic N) is 2. The van der Waals surface area contributed by atoms with Gasteiger partial charge in [0.25, 0.3) is 0 Å². The van der Waals surface area contributed by atoms with Gasteiger partial charge in [-0.1, -0.05) is 20.8 Å². The first kappa shape index (κ1) is 13.9. The number of carbonyl (C=O) groups is 1. The lowest BCUT2D eigenvalue weighted by molar-refractivity contribution is -0.137.